The number of carbonyl (C=O) groups is 2. The van der Waals surface area contributed by atoms with E-state index in [9.17, 15) is 19.2 Å². The third kappa shape index (κ3) is 5.24. The summed E-state index contributed by atoms with van der Waals surface area (Å²) in [5, 5.41) is 6.24. The van der Waals surface area contributed by atoms with Crippen molar-refractivity contribution >= 4 is 46.1 Å². The molecule has 0 aliphatic heterocycles. The maximum absolute atomic E-state index is 12.8. The average Bonchev–Trinajstić information content (AvgIpc) is 2.92. The van der Waals surface area contributed by atoms with Crippen molar-refractivity contribution in [1.29, 1.82) is 0 Å². The molecule has 12 heteroatoms. The van der Waals surface area contributed by atoms with Crippen LogP contribution in [-0.2, 0) is 23.6 Å². The molecular formula is C26H26N6O6. The Balaban J connectivity index is 1.76. The number of nitrogens with one attached hydrogen (secondary N) is 2. The van der Waals surface area contributed by atoms with Crippen molar-refractivity contribution in [2.24, 2.45) is 14.1 Å². The van der Waals surface area contributed by atoms with Crippen molar-refractivity contribution in [1.82, 2.24) is 19.1 Å². The monoisotopic (exact) mass is 518 g/mol. The molecule has 0 unspecified atom stereocenters. The van der Waals surface area contributed by atoms with Gasteiger partial charge in [-0.2, -0.15) is 0 Å². The summed E-state index contributed by atoms with van der Waals surface area (Å²) in [6.07, 6.45) is 0. The van der Waals surface area contributed by atoms with Crippen LogP contribution in [0.25, 0.3) is 11.2 Å². The molecule has 12 nitrogen and oxygen atoms in total. The second-order valence-electron chi connectivity index (χ2n) is 8.14. The summed E-state index contributed by atoms with van der Waals surface area (Å²) in [5.41, 5.74) is 0.836. The second kappa shape index (κ2) is 10.9. The van der Waals surface area contributed by atoms with E-state index in [-0.39, 0.29) is 36.0 Å². The Kier molecular flexibility index (Phi) is 7.51. The molecule has 0 aliphatic carbocycles. The van der Waals surface area contributed by atoms with Crippen LogP contribution in [0.3, 0.4) is 0 Å². The van der Waals surface area contributed by atoms with Gasteiger partial charge >= 0.3 is 17.6 Å². The molecule has 0 amide bonds. The van der Waals surface area contributed by atoms with E-state index in [1.165, 1.54) is 18.7 Å². The maximum atomic E-state index is 12.8. The lowest BCUT2D eigenvalue weighted by molar-refractivity contribution is 0.0517. The van der Waals surface area contributed by atoms with E-state index < -0.39 is 23.2 Å². The first-order valence-corrected chi connectivity index (χ1v) is 11.8. The van der Waals surface area contributed by atoms with Crippen LogP contribution in [-0.4, -0.2) is 44.3 Å². The molecule has 0 fully saturated rings. The third-order valence-corrected chi connectivity index (χ3v) is 5.59. The van der Waals surface area contributed by atoms with Gasteiger partial charge in [0.1, 0.15) is 0 Å². The smallest absolute Gasteiger partial charge is 0.338 e. The highest BCUT2D eigenvalue weighted by molar-refractivity contribution is 5.91. The maximum Gasteiger partial charge on any atom is 0.338 e. The lowest BCUT2D eigenvalue weighted by atomic mass is 10.2. The van der Waals surface area contributed by atoms with E-state index >= 15 is 0 Å². The molecule has 4 aromatic rings. The molecule has 38 heavy (non-hydrogen) atoms. The molecule has 2 heterocycles. The van der Waals surface area contributed by atoms with Crippen LogP contribution >= 0.6 is 0 Å². The van der Waals surface area contributed by atoms with E-state index in [1.54, 1.807) is 62.4 Å². The molecule has 0 saturated carbocycles. The molecule has 2 aromatic heterocycles. The summed E-state index contributed by atoms with van der Waals surface area (Å²) < 4.78 is 12.2. The number of ether oxygens (including phenoxy) is 2. The van der Waals surface area contributed by atoms with Crippen LogP contribution in [0.1, 0.15) is 34.6 Å². The van der Waals surface area contributed by atoms with Gasteiger partial charge in [0.2, 0.25) is 0 Å². The highest BCUT2D eigenvalue weighted by atomic mass is 16.5. The Bertz CT molecular complexity index is 1620. The van der Waals surface area contributed by atoms with E-state index in [1.807, 2.05) is 0 Å². The minimum Gasteiger partial charge on any atom is -0.462 e. The summed E-state index contributed by atoms with van der Waals surface area (Å²) in [4.78, 5) is 58.3. The third-order valence-electron chi connectivity index (χ3n) is 5.59. The number of rotatable bonds is 8. The largest absolute Gasteiger partial charge is 0.462 e. The fourth-order valence-corrected chi connectivity index (χ4v) is 3.62. The van der Waals surface area contributed by atoms with Crippen LogP contribution < -0.4 is 21.9 Å². The number of nitrogens with zero attached hydrogens (tertiary/aromatic N) is 4. The first-order valence-electron chi connectivity index (χ1n) is 11.8. The first-order chi connectivity index (χ1) is 18.2. The number of esters is 2. The first kappa shape index (κ1) is 26.1. The Hall–Kier alpha value is -5.00. The Morgan fingerprint density at radius 1 is 0.737 bits per heavy atom. The summed E-state index contributed by atoms with van der Waals surface area (Å²) in [6.45, 7) is 3.98. The topological polar surface area (TPSA) is 146 Å². The van der Waals surface area contributed by atoms with Crippen molar-refractivity contribution in [2.75, 3.05) is 23.8 Å². The molecule has 2 aromatic carbocycles. The average molecular weight is 519 g/mol. The highest BCUT2D eigenvalue weighted by Crippen LogP contribution is 2.27. The van der Waals surface area contributed by atoms with E-state index in [4.69, 9.17) is 9.47 Å². The van der Waals surface area contributed by atoms with Gasteiger partial charge in [0.25, 0.3) is 5.56 Å². The van der Waals surface area contributed by atoms with Gasteiger partial charge in [0.05, 0.1) is 24.3 Å². The van der Waals surface area contributed by atoms with Gasteiger partial charge in [0, 0.05) is 25.5 Å². The zero-order valence-corrected chi connectivity index (χ0v) is 21.3. The van der Waals surface area contributed by atoms with Crippen molar-refractivity contribution in [2.45, 2.75) is 13.8 Å². The number of aromatic nitrogens is 4. The zero-order chi connectivity index (χ0) is 27.4. The number of anilines is 4. The van der Waals surface area contributed by atoms with Crippen molar-refractivity contribution in [3.63, 3.8) is 0 Å². The van der Waals surface area contributed by atoms with Gasteiger partial charge < -0.3 is 20.1 Å². The van der Waals surface area contributed by atoms with E-state index in [0.717, 1.165) is 4.57 Å². The second-order valence-corrected chi connectivity index (χ2v) is 8.14. The van der Waals surface area contributed by atoms with E-state index in [0.29, 0.717) is 22.5 Å². The van der Waals surface area contributed by atoms with Crippen LogP contribution in [0.5, 0.6) is 0 Å². The van der Waals surface area contributed by atoms with E-state index in [2.05, 4.69) is 20.6 Å². The molecule has 196 valence electrons. The number of hydrogen-bond acceptors (Lipinski definition) is 10. The molecule has 0 bridgehead atoms. The fraction of sp³-hybridized carbons (Fsp3) is 0.231. The standard InChI is InChI=1S/C26H26N6O6/c1-5-37-24(34)15-7-11-17(12-8-15)27-20-21(28-18-13-9-16(10-14-18)25(35)38-6-2)30-22-19(29-20)23(33)32(4)26(36)31(22)3/h7-14H,5-6H2,1-4H3,(H,27,29)(H,28,30). The molecule has 0 radical (unpaired) electrons. The SMILES string of the molecule is CCOC(=O)c1ccc(Nc2nc3c(=O)n(C)c(=O)n(C)c3nc2Nc2ccc(C(=O)OCC)cc2)cc1. The number of benzene rings is 2. The number of carbonyl (C=O) groups excluding carboxylic acids is 2. The van der Waals surface area contributed by atoms with Crippen molar-refractivity contribution < 1.29 is 19.1 Å². The number of hydrogen-bond donors (Lipinski definition) is 2. The summed E-state index contributed by atoms with van der Waals surface area (Å²) in [7, 11) is 2.86. The van der Waals surface area contributed by atoms with Crippen molar-refractivity contribution in [3.05, 3.63) is 80.5 Å². The van der Waals surface area contributed by atoms with Gasteiger partial charge in [0.15, 0.2) is 22.8 Å². The minimum atomic E-state index is -0.596. The lowest BCUT2D eigenvalue weighted by Gasteiger charge is -2.15. The normalized spacial score (nSPS) is 10.7. The quantitative estimate of drug-likeness (QED) is 0.334. The molecule has 0 spiro atoms. The Labute approximate surface area is 216 Å². The predicted octanol–water partition coefficient (Wildman–Crippen LogP) is 2.87. The lowest BCUT2D eigenvalue weighted by Crippen LogP contribution is -2.37. The summed E-state index contributed by atoms with van der Waals surface area (Å²) in [6, 6.07) is 13.0. The van der Waals surface area contributed by atoms with Gasteiger partial charge in [-0.05, 0) is 62.4 Å². The van der Waals surface area contributed by atoms with Crippen molar-refractivity contribution in [3.8, 4) is 0 Å². The number of aryl methyl sites for hydroxylation is 1. The minimum absolute atomic E-state index is 0.0107. The molecule has 4 rings (SSSR count). The van der Waals surface area contributed by atoms with Crippen LogP contribution in [0.4, 0.5) is 23.0 Å². The van der Waals surface area contributed by atoms with Crippen LogP contribution in [0, 0.1) is 0 Å². The van der Waals surface area contributed by atoms with Gasteiger partial charge in [-0.3, -0.25) is 13.9 Å². The molecular weight excluding hydrogens is 492 g/mol. The zero-order valence-electron chi connectivity index (χ0n) is 21.3. The highest BCUT2D eigenvalue weighted by Gasteiger charge is 2.17. The van der Waals surface area contributed by atoms with Crippen LogP contribution in [0.15, 0.2) is 58.1 Å². The van der Waals surface area contributed by atoms with Gasteiger partial charge in [-0.25, -0.2) is 24.4 Å². The van der Waals surface area contributed by atoms with Crippen LogP contribution in [0.2, 0.25) is 0 Å². The molecule has 2 N–H and O–H groups in total. The summed E-state index contributed by atoms with van der Waals surface area (Å²) >= 11 is 0. The predicted molar refractivity (Wildman–Crippen MR) is 141 cm³/mol. The Morgan fingerprint density at radius 3 is 1.63 bits per heavy atom. The molecule has 0 atom stereocenters. The summed E-state index contributed by atoms with van der Waals surface area (Å²) in [5.74, 6) is -0.461. The Morgan fingerprint density at radius 2 is 1.18 bits per heavy atom. The van der Waals surface area contributed by atoms with Gasteiger partial charge in [-0.1, -0.05) is 0 Å². The fourth-order valence-electron chi connectivity index (χ4n) is 3.62. The molecule has 0 aliphatic rings. The van der Waals surface area contributed by atoms with Gasteiger partial charge in [-0.15, -0.1) is 0 Å². The molecule has 0 saturated heterocycles. The number of fused-ring (bicyclic) bond motifs is 1.